The SMILES string of the molecule is O=C(OC[C@@H]1CCCO1)c1ccccc1C(=O)OCC(F)(F)C(F)F. The molecule has 0 aliphatic carbocycles. The average molecular weight is 364 g/mol. The molecular weight excluding hydrogens is 348 g/mol. The normalized spacial score (nSPS) is 17.6. The molecule has 1 saturated heterocycles. The molecule has 0 saturated carbocycles. The highest BCUT2D eigenvalue weighted by atomic mass is 19.3. The van der Waals surface area contributed by atoms with Crippen LogP contribution >= 0.6 is 0 Å². The second kappa shape index (κ2) is 8.28. The van der Waals surface area contributed by atoms with Crippen LogP contribution in [0.4, 0.5) is 17.6 Å². The summed E-state index contributed by atoms with van der Waals surface area (Å²) in [4.78, 5) is 23.9. The Morgan fingerprint density at radius 3 is 2.28 bits per heavy atom. The van der Waals surface area contributed by atoms with Crippen LogP contribution in [0.15, 0.2) is 24.3 Å². The molecule has 1 aliphatic rings. The predicted molar refractivity (Wildman–Crippen MR) is 76.9 cm³/mol. The van der Waals surface area contributed by atoms with Gasteiger partial charge in [-0.05, 0) is 25.0 Å². The van der Waals surface area contributed by atoms with Gasteiger partial charge in [0.05, 0.1) is 17.2 Å². The second-order valence-electron chi connectivity index (χ2n) is 5.42. The smallest absolute Gasteiger partial charge is 0.340 e. The van der Waals surface area contributed by atoms with Gasteiger partial charge in [-0.3, -0.25) is 0 Å². The van der Waals surface area contributed by atoms with Gasteiger partial charge in [0.25, 0.3) is 0 Å². The van der Waals surface area contributed by atoms with Gasteiger partial charge in [-0.15, -0.1) is 0 Å². The van der Waals surface area contributed by atoms with Gasteiger partial charge in [0.2, 0.25) is 0 Å². The lowest BCUT2D eigenvalue weighted by molar-refractivity contribution is -0.155. The number of hydrogen-bond acceptors (Lipinski definition) is 5. The monoisotopic (exact) mass is 364 g/mol. The summed E-state index contributed by atoms with van der Waals surface area (Å²) < 4.78 is 64.4. The van der Waals surface area contributed by atoms with Crippen LogP contribution < -0.4 is 0 Å². The second-order valence-corrected chi connectivity index (χ2v) is 5.42. The molecule has 0 unspecified atom stereocenters. The van der Waals surface area contributed by atoms with Crippen LogP contribution in [0.3, 0.4) is 0 Å². The number of carbonyl (C=O) groups is 2. The van der Waals surface area contributed by atoms with E-state index < -0.39 is 30.9 Å². The third kappa shape index (κ3) is 5.15. The van der Waals surface area contributed by atoms with E-state index in [1.54, 1.807) is 0 Å². The van der Waals surface area contributed by atoms with Crippen LogP contribution in [0.5, 0.6) is 0 Å². The van der Waals surface area contributed by atoms with Gasteiger partial charge in [-0.1, -0.05) is 12.1 Å². The van der Waals surface area contributed by atoms with Gasteiger partial charge in [-0.2, -0.15) is 8.78 Å². The molecule has 25 heavy (non-hydrogen) atoms. The Hall–Kier alpha value is -2.16. The molecule has 1 atom stereocenters. The van der Waals surface area contributed by atoms with E-state index in [0.29, 0.717) is 6.61 Å². The Bertz CT molecular complexity index is 614. The average Bonchev–Trinajstić information content (AvgIpc) is 3.11. The third-order valence-electron chi connectivity index (χ3n) is 3.51. The molecule has 1 heterocycles. The highest BCUT2D eigenvalue weighted by Gasteiger charge is 2.42. The number of rotatable bonds is 7. The summed E-state index contributed by atoms with van der Waals surface area (Å²) in [6.07, 6.45) is -2.61. The number of alkyl halides is 4. The van der Waals surface area contributed by atoms with Crippen molar-refractivity contribution in [1.82, 2.24) is 0 Å². The Kier molecular flexibility index (Phi) is 6.35. The standard InChI is InChI=1S/C16H16F4O5/c17-15(18)16(19,20)9-25-14(22)12-6-2-1-5-11(12)13(21)24-8-10-4-3-7-23-10/h1-2,5-6,10,15H,3-4,7-9H2/t10-/m0/s1. The Labute approximate surface area is 140 Å². The van der Waals surface area contributed by atoms with E-state index in [2.05, 4.69) is 4.74 Å². The highest BCUT2D eigenvalue weighted by Crippen LogP contribution is 2.24. The van der Waals surface area contributed by atoms with Crippen molar-refractivity contribution >= 4 is 11.9 Å². The topological polar surface area (TPSA) is 61.8 Å². The summed E-state index contributed by atoms with van der Waals surface area (Å²) in [5.74, 6) is -6.64. The van der Waals surface area contributed by atoms with Crippen LogP contribution in [0.1, 0.15) is 33.6 Å². The largest absolute Gasteiger partial charge is 0.459 e. The van der Waals surface area contributed by atoms with Crippen molar-refractivity contribution < 1.29 is 41.4 Å². The first-order valence-electron chi connectivity index (χ1n) is 7.52. The summed E-state index contributed by atoms with van der Waals surface area (Å²) in [5.41, 5.74) is -0.546. The zero-order valence-corrected chi connectivity index (χ0v) is 13.1. The van der Waals surface area contributed by atoms with E-state index in [1.165, 1.54) is 18.2 Å². The molecule has 0 aromatic heterocycles. The van der Waals surface area contributed by atoms with Gasteiger partial charge in [0, 0.05) is 6.61 Å². The van der Waals surface area contributed by atoms with Crippen LogP contribution in [0.25, 0.3) is 0 Å². The fourth-order valence-electron chi connectivity index (χ4n) is 2.16. The van der Waals surface area contributed by atoms with E-state index in [9.17, 15) is 27.2 Å². The molecule has 9 heteroatoms. The number of halogens is 4. The van der Waals surface area contributed by atoms with E-state index in [-0.39, 0.29) is 23.8 Å². The maximum absolute atomic E-state index is 12.8. The van der Waals surface area contributed by atoms with Crippen molar-refractivity contribution in [3.63, 3.8) is 0 Å². The lowest BCUT2D eigenvalue weighted by atomic mass is 10.1. The van der Waals surface area contributed by atoms with Crippen LogP contribution in [0, 0.1) is 0 Å². The van der Waals surface area contributed by atoms with Gasteiger partial charge in [0.15, 0.2) is 6.61 Å². The summed E-state index contributed by atoms with van der Waals surface area (Å²) in [5, 5.41) is 0. The molecular formula is C16H16F4O5. The molecule has 1 aliphatic heterocycles. The lowest BCUT2D eigenvalue weighted by Gasteiger charge is -2.16. The molecule has 2 rings (SSSR count). The van der Waals surface area contributed by atoms with Gasteiger partial charge < -0.3 is 14.2 Å². The number of benzene rings is 1. The Morgan fingerprint density at radius 2 is 1.76 bits per heavy atom. The molecule has 1 aromatic rings. The maximum Gasteiger partial charge on any atom is 0.340 e. The number of ether oxygens (including phenoxy) is 3. The summed E-state index contributed by atoms with van der Waals surface area (Å²) in [6, 6.07) is 5.22. The summed E-state index contributed by atoms with van der Waals surface area (Å²) in [6.45, 7) is -1.22. The molecule has 0 N–H and O–H groups in total. The van der Waals surface area contributed by atoms with E-state index in [4.69, 9.17) is 9.47 Å². The fraction of sp³-hybridized carbons (Fsp3) is 0.500. The molecule has 0 spiro atoms. The minimum Gasteiger partial charge on any atom is -0.459 e. The number of hydrogen-bond donors (Lipinski definition) is 0. The van der Waals surface area contributed by atoms with Gasteiger partial charge in [0.1, 0.15) is 6.61 Å². The zero-order valence-electron chi connectivity index (χ0n) is 13.1. The maximum atomic E-state index is 12.8. The zero-order chi connectivity index (χ0) is 18.4. The molecule has 0 amide bonds. The lowest BCUT2D eigenvalue weighted by Crippen LogP contribution is -2.33. The van der Waals surface area contributed by atoms with Gasteiger partial charge >= 0.3 is 24.3 Å². The summed E-state index contributed by atoms with van der Waals surface area (Å²) >= 11 is 0. The van der Waals surface area contributed by atoms with Crippen LogP contribution in [-0.2, 0) is 14.2 Å². The van der Waals surface area contributed by atoms with Crippen molar-refractivity contribution in [2.45, 2.75) is 31.3 Å². The van der Waals surface area contributed by atoms with Gasteiger partial charge in [-0.25, -0.2) is 18.4 Å². The van der Waals surface area contributed by atoms with E-state index >= 15 is 0 Å². The summed E-state index contributed by atoms with van der Waals surface area (Å²) in [7, 11) is 0. The molecule has 0 radical (unpaired) electrons. The first kappa shape index (κ1) is 19.2. The van der Waals surface area contributed by atoms with Crippen molar-refractivity contribution in [3.8, 4) is 0 Å². The van der Waals surface area contributed by atoms with E-state index in [0.717, 1.165) is 18.9 Å². The van der Waals surface area contributed by atoms with Crippen molar-refractivity contribution in [1.29, 1.82) is 0 Å². The predicted octanol–water partition coefficient (Wildman–Crippen LogP) is 3.08. The van der Waals surface area contributed by atoms with Crippen LogP contribution in [-0.4, -0.2) is 50.2 Å². The van der Waals surface area contributed by atoms with Crippen LogP contribution in [0.2, 0.25) is 0 Å². The van der Waals surface area contributed by atoms with Crippen molar-refractivity contribution in [2.75, 3.05) is 19.8 Å². The highest BCUT2D eigenvalue weighted by molar-refractivity contribution is 6.03. The van der Waals surface area contributed by atoms with Crippen molar-refractivity contribution in [2.24, 2.45) is 0 Å². The Morgan fingerprint density at radius 1 is 1.16 bits per heavy atom. The first-order valence-corrected chi connectivity index (χ1v) is 7.52. The minimum atomic E-state index is -4.47. The third-order valence-corrected chi connectivity index (χ3v) is 3.51. The molecule has 0 bridgehead atoms. The Balaban J connectivity index is 2.00. The number of esters is 2. The quantitative estimate of drug-likeness (QED) is 0.550. The first-order chi connectivity index (χ1) is 11.8. The molecule has 138 valence electrons. The minimum absolute atomic E-state index is 0.00827. The van der Waals surface area contributed by atoms with E-state index in [1.807, 2.05) is 0 Å². The number of carbonyl (C=O) groups excluding carboxylic acids is 2. The van der Waals surface area contributed by atoms with Crippen molar-refractivity contribution in [3.05, 3.63) is 35.4 Å². The fourth-order valence-corrected chi connectivity index (χ4v) is 2.16. The molecule has 1 aromatic carbocycles. The molecule has 5 nitrogen and oxygen atoms in total. The molecule has 1 fully saturated rings.